The van der Waals surface area contributed by atoms with E-state index in [0.29, 0.717) is 25.7 Å². The number of aryl methyl sites for hydroxylation is 1. The van der Waals surface area contributed by atoms with E-state index < -0.39 is 42.1 Å². The van der Waals surface area contributed by atoms with Crippen molar-refractivity contribution < 1.29 is 31.5 Å². The Morgan fingerprint density at radius 3 is 2.57 bits per heavy atom. The van der Waals surface area contributed by atoms with Gasteiger partial charge in [-0.15, -0.1) is 0 Å². The lowest BCUT2D eigenvalue weighted by atomic mass is 10.0. The van der Waals surface area contributed by atoms with Crippen molar-refractivity contribution in [3.05, 3.63) is 47.4 Å². The summed E-state index contributed by atoms with van der Waals surface area (Å²) < 4.78 is 69.7. The molecule has 2 amide bonds. The maximum atomic E-state index is 15.3. The number of likely N-dealkylation sites (N-methyl/N-ethyl adjacent to an activating group) is 2. The Labute approximate surface area is 253 Å². The van der Waals surface area contributed by atoms with Crippen molar-refractivity contribution in [2.45, 2.75) is 44.1 Å². The van der Waals surface area contributed by atoms with Crippen LogP contribution in [0.2, 0.25) is 0 Å². The highest BCUT2D eigenvalue weighted by Gasteiger charge is 2.42. The zero-order chi connectivity index (χ0) is 31.8. The number of rotatable bonds is 9. The Morgan fingerprint density at radius 1 is 1.16 bits per heavy atom. The SMILES string of the molecule is Cc1cc(C(F)(F)F)cc(N2C(=O)CC[C@H]2C(=O)N(C)c2cccc(F)c2N(C)CCN2CCN(C3CNC3)[C@@H](CF)C2)n1. The number of carbonyl (C=O) groups excluding carboxylic acids is 2. The van der Waals surface area contributed by atoms with Crippen LogP contribution in [0.3, 0.4) is 0 Å². The number of benzene rings is 1. The van der Waals surface area contributed by atoms with Gasteiger partial charge in [-0.1, -0.05) is 6.07 Å². The first-order chi connectivity index (χ1) is 20.9. The van der Waals surface area contributed by atoms with Crippen LogP contribution >= 0.6 is 0 Å². The van der Waals surface area contributed by atoms with Gasteiger partial charge in [0, 0.05) is 78.1 Å². The van der Waals surface area contributed by atoms with Gasteiger partial charge in [0.25, 0.3) is 0 Å². The van der Waals surface area contributed by atoms with E-state index in [1.807, 2.05) is 0 Å². The monoisotopic (exact) mass is 623 g/mol. The number of hydrogen-bond acceptors (Lipinski definition) is 7. The largest absolute Gasteiger partial charge is 0.416 e. The number of para-hydroxylation sites is 1. The molecule has 1 aromatic carbocycles. The van der Waals surface area contributed by atoms with E-state index >= 15 is 4.39 Å². The molecule has 0 bridgehead atoms. The van der Waals surface area contributed by atoms with Crippen molar-refractivity contribution in [3.63, 3.8) is 0 Å². The number of amides is 2. The Bertz CT molecular complexity index is 1370. The summed E-state index contributed by atoms with van der Waals surface area (Å²) in [6.07, 6.45) is -4.61. The first-order valence-electron chi connectivity index (χ1n) is 14.8. The van der Waals surface area contributed by atoms with Crippen LogP contribution in [-0.4, -0.2) is 111 Å². The molecule has 14 heteroatoms. The molecule has 2 atom stereocenters. The predicted molar refractivity (Wildman–Crippen MR) is 157 cm³/mol. The number of halogens is 5. The first kappa shape index (κ1) is 32.0. The van der Waals surface area contributed by atoms with Crippen molar-refractivity contribution in [3.8, 4) is 0 Å². The number of pyridine rings is 1. The zero-order valence-electron chi connectivity index (χ0n) is 25.1. The van der Waals surface area contributed by atoms with Gasteiger partial charge in [0.1, 0.15) is 24.4 Å². The zero-order valence-corrected chi connectivity index (χ0v) is 25.1. The minimum absolute atomic E-state index is 0.0402. The molecule has 0 spiro atoms. The molecule has 9 nitrogen and oxygen atoms in total. The number of nitrogens with one attached hydrogen (secondary N) is 1. The van der Waals surface area contributed by atoms with Crippen LogP contribution in [0, 0.1) is 12.7 Å². The second kappa shape index (κ2) is 12.9. The van der Waals surface area contributed by atoms with Gasteiger partial charge in [-0.25, -0.2) is 13.8 Å². The predicted octanol–water partition coefficient (Wildman–Crippen LogP) is 3.07. The fourth-order valence-corrected chi connectivity index (χ4v) is 6.30. The summed E-state index contributed by atoms with van der Waals surface area (Å²) in [5.41, 5.74) is -0.475. The summed E-state index contributed by atoms with van der Waals surface area (Å²) in [5.74, 6) is -1.88. The number of aromatic nitrogens is 1. The fourth-order valence-electron chi connectivity index (χ4n) is 6.30. The van der Waals surface area contributed by atoms with E-state index in [4.69, 9.17) is 0 Å². The number of nitrogens with zero attached hydrogens (tertiary/aromatic N) is 6. The van der Waals surface area contributed by atoms with Crippen molar-refractivity contribution >= 4 is 29.0 Å². The molecule has 44 heavy (non-hydrogen) atoms. The normalized spacial score (nSPS) is 21.9. The van der Waals surface area contributed by atoms with Crippen LogP contribution in [0.4, 0.5) is 39.1 Å². The van der Waals surface area contributed by atoms with E-state index in [2.05, 4.69) is 20.1 Å². The van der Waals surface area contributed by atoms with Crippen LogP contribution in [-0.2, 0) is 15.8 Å². The molecule has 1 aromatic heterocycles. The quantitative estimate of drug-likeness (QED) is 0.431. The van der Waals surface area contributed by atoms with Gasteiger partial charge in [-0.3, -0.25) is 24.3 Å². The van der Waals surface area contributed by atoms with Gasteiger partial charge in [0.2, 0.25) is 11.8 Å². The number of piperazine rings is 1. The highest BCUT2D eigenvalue weighted by Crippen LogP contribution is 2.36. The minimum Gasteiger partial charge on any atom is -0.369 e. The molecule has 5 rings (SSSR count). The molecule has 2 aromatic rings. The lowest BCUT2D eigenvalue weighted by Gasteiger charge is -2.47. The van der Waals surface area contributed by atoms with Gasteiger partial charge in [0.15, 0.2) is 0 Å². The van der Waals surface area contributed by atoms with Crippen LogP contribution in [0.1, 0.15) is 24.1 Å². The number of anilines is 3. The second-order valence-electron chi connectivity index (χ2n) is 11.8. The molecule has 3 fully saturated rings. The van der Waals surface area contributed by atoms with E-state index in [1.54, 1.807) is 18.0 Å². The van der Waals surface area contributed by atoms with E-state index in [1.165, 1.54) is 31.0 Å². The summed E-state index contributed by atoms with van der Waals surface area (Å²) in [6, 6.07) is 5.06. The summed E-state index contributed by atoms with van der Waals surface area (Å²) >= 11 is 0. The molecule has 3 aliphatic rings. The first-order valence-corrected chi connectivity index (χ1v) is 14.8. The number of hydrogen-bond donors (Lipinski definition) is 1. The summed E-state index contributed by atoms with van der Waals surface area (Å²) in [5, 5.41) is 3.23. The van der Waals surface area contributed by atoms with E-state index in [-0.39, 0.29) is 41.8 Å². The van der Waals surface area contributed by atoms with Crippen LogP contribution in [0.25, 0.3) is 0 Å². The summed E-state index contributed by atoms with van der Waals surface area (Å²) in [6.45, 7) is 5.72. The topological polar surface area (TPSA) is 75.3 Å². The fraction of sp³-hybridized carbons (Fsp3) is 0.567. The Balaban J connectivity index is 1.31. The lowest BCUT2D eigenvalue weighted by molar-refractivity contribution is -0.137. The third kappa shape index (κ3) is 6.52. The van der Waals surface area contributed by atoms with Crippen LogP contribution in [0.15, 0.2) is 30.3 Å². The van der Waals surface area contributed by atoms with Gasteiger partial charge < -0.3 is 15.1 Å². The van der Waals surface area contributed by atoms with Gasteiger partial charge in [0.05, 0.1) is 23.0 Å². The smallest absolute Gasteiger partial charge is 0.369 e. The third-order valence-corrected chi connectivity index (χ3v) is 8.82. The Morgan fingerprint density at radius 2 is 1.91 bits per heavy atom. The standard InChI is InChI=1S/C30H38F5N7O2/c1-19-13-20(30(33,34)35)14-26(37-19)42-25(7-8-27(42)43)29(44)39(3)24-6-4-5-23(32)28(24)38(2)9-10-40-11-12-41(21(15-31)18-40)22-16-36-17-22/h4-6,13-14,21-22,25,36H,7-12,15-18H2,1-3H3/t21-,25-/m0/s1. The van der Waals surface area contributed by atoms with E-state index in [0.717, 1.165) is 43.2 Å². The van der Waals surface area contributed by atoms with Gasteiger partial charge >= 0.3 is 6.18 Å². The summed E-state index contributed by atoms with van der Waals surface area (Å²) in [7, 11) is 3.17. The molecule has 3 aliphatic heterocycles. The van der Waals surface area contributed by atoms with Crippen molar-refractivity contribution in [2.24, 2.45) is 0 Å². The molecule has 3 saturated heterocycles. The molecular weight excluding hydrogens is 585 g/mol. The highest BCUT2D eigenvalue weighted by atomic mass is 19.4. The lowest BCUT2D eigenvalue weighted by Crippen LogP contribution is -2.66. The third-order valence-electron chi connectivity index (χ3n) is 8.82. The number of carbonyl (C=O) groups is 2. The average molecular weight is 624 g/mol. The molecule has 0 aliphatic carbocycles. The summed E-state index contributed by atoms with van der Waals surface area (Å²) in [4.78, 5) is 39.1. The van der Waals surface area contributed by atoms with Crippen LogP contribution < -0.4 is 20.0 Å². The van der Waals surface area contributed by atoms with Gasteiger partial charge in [-0.2, -0.15) is 13.2 Å². The molecule has 0 saturated carbocycles. The Kier molecular flexibility index (Phi) is 9.42. The molecule has 4 heterocycles. The van der Waals surface area contributed by atoms with Crippen molar-refractivity contribution in [1.82, 2.24) is 20.1 Å². The van der Waals surface area contributed by atoms with Crippen molar-refractivity contribution in [1.29, 1.82) is 0 Å². The minimum atomic E-state index is -4.66. The maximum absolute atomic E-state index is 15.3. The maximum Gasteiger partial charge on any atom is 0.416 e. The molecule has 0 radical (unpaired) electrons. The average Bonchev–Trinajstić information content (AvgIpc) is 3.34. The Hall–Kier alpha value is -3.36. The van der Waals surface area contributed by atoms with E-state index in [9.17, 15) is 27.2 Å². The second-order valence-corrected chi connectivity index (χ2v) is 11.8. The van der Waals surface area contributed by atoms with Crippen LogP contribution in [0.5, 0.6) is 0 Å². The van der Waals surface area contributed by atoms with Crippen molar-refractivity contribution in [2.75, 3.05) is 81.3 Å². The molecule has 1 N–H and O–H groups in total. The number of alkyl halides is 4. The van der Waals surface area contributed by atoms with Gasteiger partial charge in [-0.05, 0) is 37.6 Å². The highest BCUT2D eigenvalue weighted by molar-refractivity contribution is 6.09. The molecule has 0 unspecified atom stereocenters. The molecule has 240 valence electrons. The molecular formula is C30H38F5N7O2.